The highest BCUT2D eigenvalue weighted by molar-refractivity contribution is 6.31. The highest BCUT2D eigenvalue weighted by Crippen LogP contribution is 2.29. The van der Waals surface area contributed by atoms with Crippen molar-refractivity contribution in [2.75, 3.05) is 13.1 Å². The lowest BCUT2D eigenvalue weighted by Crippen LogP contribution is -2.52. The molecule has 0 spiro atoms. The van der Waals surface area contributed by atoms with Crippen LogP contribution < -0.4 is 5.32 Å². The zero-order valence-corrected chi connectivity index (χ0v) is 20.8. The maximum absolute atomic E-state index is 13.0. The molecule has 0 radical (unpaired) electrons. The molecule has 1 aromatic heterocycles. The third-order valence-electron chi connectivity index (χ3n) is 7.35. The Bertz CT molecular complexity index is 1570. The van der Waals surface area contributed by atoms with E-state index in [9.17, 15) is 19.2 Å². The molecule has 0 aliphatic carbocycles. The number of imide groups is 1. The van der Waals surface area contributed by atoms with Gasteiger partial charge in [0.25, 0.3) is 11.8 Å². The molecule has 9 heteroatoms. The van der Waals surface area contributed by atoms with E-state index < -0.39 is 11.9 Å². The van der Waals surface area contributed by atoms with Crippen LogP contribution in [0.5, 0.6) is 0 Å². The standard InChI is InChI=1S/C28H23ClN4O4/c1-15-20-7-5-19(29)11-22(20)30-25(15)28(37)32-12-17(13-32)3-2-16-4-6-21-18(10-16)14-33(27(21)36)23-8-9-24(34)31-26(23)35/h4-7,10-11,17,23,30H,8-9,12-14H2,1H3,(H,31,34,35). The summed E-state index contributed by atoms with van der Waals surface area (Å²) in [4.78, 5) is 56.0. The van der Waals surface area contributed by atoms with E-state index in [2.05, 4.69) is 22.1 Å². The van der Waals surface area contributed by atoms with Crippen molar-refractivity contribution in [1.82, 2.24) is 20.1 Å². The van der Waals surface area contributed by atoms with Gasteiger partial charge in [-0.05, 0) is 54.8 Å². The van der Waals surface area contributed by atoms with Gasteiger partial charge in [0, 0.05) is 53.1 Å². The molecule has 37 heavy (non-hydrogen) atoms. The number of hydrogen-bond acceptors (Lipinski definition) is 4. The van der Waals surface area contributed by atoms with Crippen molar-refractivity contribution in [3.63, 3.8) is 0 Å². The number of nitrogens with zero attached hydrogens (tertiary/aromatic N) is 2. The van der Waals surface area contributed by atoms with Crippen LogP contribution in [0.3, 0.4) is 0 Å². The van der Waals surface area contributed by atoms with Gasteiger partial charge in [-0.25, -0.2) is 0 Å². The van der Waals surface area contributed by atoms with Crippen LogP contribution in [0.15, 0.2) is 36.4 Å². The average Bonchev–Trinajstić information content (AvgIpc) is 3.34. The van der Waals surface area contributed by atoms with Gasteiger partial charge in [0.15, 0.2) is 0 Å². The number of piperidine rings is 1. The number of nitrogens with one attached hydrogen (secondary N) is 2. The van der Waals surface area contributed by atoms with Gasteiger partial charge in [-0.3, -0.25) is 24.5 Å². The average molecular weight is 515 g/mol. The molecule has 4 amide bonds. The summed E-state index contributed by atoms with van der Waals surface area (Å²) in [6.45, 7) is 3.34. The van der Waals surface area contributed by atoms with Crippen LogP contribution in [0.4, 0.5) is 0 Å². The second-order valence-corrected chi connectivity index (χ2v) is 10.2. The number of carbonyl (C=O) groups is 4. The molecule has 0 saturated carbocycles. The number of amides is 4. The molecule has 3 aliphatic heterocycles. The Morgan fingerprint density at radius 3 is 2.70 bits per heavy atom. The Kier molecular flexibility index (Phi) is 5.54. The van der Waals surface area contributed by atoms with E-state index in [1.165, 1.54) is 4.90 Å². The minimum Gasteiger partial charge on any atom is -0.350 e. The molecule has 2 saturated heterocycles. The quantitative estimate of drug-likeness (QED) is 0.405. The van der Waals surface area contributed by atoms with Gasteiger partial charge < -0.3 is 14.8 Å². The van der Waals surface area contributed by atoms with Crippen molar-refractivity contribution >= 4 is 46.1 Å². The Balaban J connectivity index is 1.11. The van der Waals surface area contributed by atoms with Crippen LogP contribution >= 0.6 is 11.6 Å². The van der Waals surface area contributed by atoms with Gasteiger partial charge in [-0.2, -0.15) is 0 Å². The highest BCUT2D eigenvalue weighted by Gasteiger charge is 2.39. The van der Waals surface area contributed by atoms with Gasteiger partial charge in [-0.1, -0.05) is 29.5 Å². The molecule has 2 fully saturated rings. The first-order valence-corrected chi connectivity index (χ1v) is 12.5. The van der Waals surface area contributed by atoms with E-state index in [0.717, 1.165) is 27.6 Å². The molecule has 3 aromatic rings. The second kappa shape index (κ2) is 8.79. The summed E-state index contributed by atoms with van der Waals surface area (Å²) in [6, 6.07) is 10.3. The lowest BCUT2D eigenvalue weighted by molar-refractivity contribution is -0.136. The van der Waals surface area contributed by atoms with Gasteiger partial charge in [0.2, 0.25) is 11.8 Å². The molecule has 1 atom stereocenters. The summed E-state index contributed by atoms with van der Waals surface area (Å²) in [5.41, 5.74) is 4.49. The van der Waals surface area contributed by atoms with Crippen LogP contribution in [-0.2, 0) is 16.1 Å². The smallest absolute Gasteiger partial charge is 0.270 e. The van der Waals surface area contributed by atoms with Gasteiger partial charge in [0.05, 0.1) is 5.92 Å². The van der Waals surface area contributed by atoms with Crippen LogP contribution in [-0.4, -0.2) is 57.5 Å². The second-order valence-electron chi connectivity index (χ2n) is 9.76. The fraction of sp³-hybridized carbons (Fsp3) is 0.286. The summed E-state index contributed by atoms with van der Waals surface area (Å²) < 4.78 is 0. The zero-order valence-electron chi connectivity index (χ0n) is 20.1. The van der Waals surface area contributed by atoms with Crippen LogP contribution in [0.25, 0.3) is 10.9 Å². The molecule has 2 N–H and O–H groups in total. The number of H-pyrrole nitrogens is 1. The Labute approximate surface area is 217 Å². The summed E-state index contributed by atoms with van der Waals surface area (Å²) in [7, 11) is 0. The Morgan fingerprint density at radius 1 is 1.11 bits per heavy atom. The van der Waals surface area contributed by atoms with E-state index in [0.29, 0.717) is 42.3 Å². The molecule has 0 bridgehead atoms. The number of hydrogen-bond donors (Lipinski definition) is 2. The van der Waals surface area contributed by atoms with E-state index >= 15 is 0 Å². The first-order valence-electron chi connectivity index (χ1n) is 12.1. The number of halogens is 1. The molecular weight excluding hydrogens is 492 g/mol. The predicted octanol–water partition coefficient (Wildman–Crippen LogP) is 3.01. The van der Waals surface area contributed by atoms with E-state index in [4.69, 9.17) is 11.6 Å². The maximum Gasteiger partial charge on any atom is 0.270 e. The minimum absolute atomic E-state index is 0.0487. The first-order chi connectivity index (χ1) is 17.8. The number of rotatable bonds is 2. The molecule has 6 rings (SSSR count). The fourth-order valence-corrected chi connectivity index (χ4v) is 5.43. The first kappa shape index (κ1) is 23.3. The largest absolute Gasteiger partial charge is 0.350 e. The topological polar surface area (TPSA) is 103 Å². The van der Waals surface area contributed by atoms with Crippen molar-refractivity contribution < 1.29 is 19.2 Å². The van der Waals surface area contributed by atoms with E-state index in [1.54, 1.807) is 17.0 Å². The number of fused-ring (bicyclic) bond motifs is 2. The van der Waals surface area contributed by atoms with Crippen molar-refractivity contribution in [3.8, 4) is 11.8 Å². The molecule has 8 nitrogen and oxygen atoms in total. The summed E-state index contributed by atoms with van der Waals surface area (Å²) in [6.07, 6.45) is 0.558. The highest BCUT2D eigenvalue weighted by atomic mass is 35.5. The van der Waals surface area contributed by atoms with Crippen molar-refractivity contribution in [1.29, 1.82) is 0 Å². The number of aromatic nitrogens is 1. The molecular formula is C28H23ClN4O4. The third kappa shape index (κ3) is 4.05. The Morgan fingerprint density at radius 2 is 1.92 bits per heavy atom. The zero-order chi connectivity index (χ0) is 25.8. The molecule has 1 unspecified atom stereocenters. The number of aromatic amines is 1. The van der Waals surface area contributed by atoms with Crippen molar-refractivity contribution in [2.24, 2.45) is 5.92 Å². The van der Waals surface area contributed by atoms with Crippen LogP contribution in [0.2, 0.25) is 5.02 Å². The van der Waals surface area contributed by atoms with Crippen molar-refractivity contribution in [3.05, 3.63) is 69.4 Å². The molecule has 186 valence electrons. The number of carbonyl (C=O) groups excluding carboxylic acids is 4. The number of benzene rings is 2. The SMILES string of the molecule is Cc1c(C(=O)N2CC(C#Cc3ccc4c(c3)CN(C3CCC(=O)NC3=O)C4=O)C2)[nH]c2cc(Cl)ccc12. The predicted molar refractivity (Wildman–Crippen MR) is 137 cm³/mol. The minimum atomic E-state index is -0.636. The molecule has 3 aliphatic rings. The van der Waals surface area contributed by atoms with Gasteiger partial charge >= 0.3 is 0 Å². The van der Waals surface area contributed by atoms with Gasteiger partial charge in [0.1, 0.15) is 11.7 Å². The molecule has 2 aromatic carbocycles. The van der Waals surface area contributed by atoms with E-state index in [1.807, 2.05) is 31.2 Å². The summed E-state index contributed by atoms with van der Waals surface area (Å²) in [5, 5.41) is 3.91. The van der Waals surface area contributed by atoms with Crippen LogP contribution in [0, 0.1) is 24.7 Å². The normalized spacial score (nSPS) is 19.4. The maximum atomic E-state index is 13.0. The molecule has 4 heterocycles. The monoisotopic (exact) mass is 514 g/mol. The lowest BCUT2D eigenvalue weighted by atomic mass is 9.98. The lowest BCUT2D eigenvalue weighted by Gasteiger charge is -2.36. The van der Waals surface area contributed by atoms with Gasteiger partial charge in [-0.15, -0.1) is 0 Å². The number of likely N-dealkylation sites (tertiary alicyclic amines) is 1. The van der Waals surface area contributed by atoms with E-state index in [-0.39, 0.29) is 30.1 Å². The fourth-order valence-electron chi connectivity index (χ4n) is 5.26. The number of aryl methyl sites for hydroxylation is 1. The summed E-state index contributed by atoms with van der Waals surface area (Å²) in [5.74, 6) is 5.50. The Hall–Kier alpha value is -4.09. The van der Waals surface area contributed by atoms with Crippen LogP contribution in [0.1, 0.15) is 50.4 Å². The third-order valence-corrected chi connectivity index (χ3v) is 7.58. The van der Waals surface area contributed by atoms with Crippen molar-refractivity contribution in [2.45, 2.75) is 32.4 Å². The summed E-state index contributed by atoms with van der Waals surface area (Å²) >= 11 is 6.08.